The molecule has 2 aromatic rings. The Bertz CT molecular complexity index is 810. The average Bonchev–Trinajstić information content (AvgIpc) is 2.88. The van der Waals surface area contributed by atoms with E-state index in [1.165, 1.54) is 36.2 Å². The van der Waals surface area contributed by atoms with E-state index in [1.54, 1.807) is 0 Å². The number of hydrogen-bond donors (Lipinski definition) is 1. The van der Waals surface area contributed by atoms with Gasteiger partial charge in [-0.1, -0.05) is 0 Å². The molecule has 25 heavy (non-hydrogen) atoms. The first-order chi connectivity index (χ1) is 11.8. The Labute approximate surface area is 143 Å². The summed E-state index contributed by atoms with van der Waals surface area (Å²) < 4.78 is 18.8. The summed E-state index contributed by atoms with van der Waals surface area (Å²) in [6.45, 7) is 3.13. The van der Waals surface area contributed by atoms with Crippen molar-refractivity contribution in [3.63, 3.8) is 0 Å². The molecular formula is C16H19FN4O4. The van der Waals surface area contributed by atoms with Crippen molar-refractivity contribution in [3.8, 4) is 11.5 Å². The highest BCUT2D eigenvalue weighted by molar-refractivity contribution is 5.84. The van der Waals surface area contributed by atoms with E-state index in [0.717, 1.165) is 4.68 Å². The third-order valence-electron chi connectivity index (χ3n) is 3.24. The number of halogens is 1. The number of carbonyl (C=O) groups is 2. The highest BCUT2D eigenvalue weighted by Crippen LogP contribution is 2.15. The van der Waals surface area contributed by atoms with Gasteiger partial charge in [0, 0.05) is 18.7 Å². The average molecular weight is 350 g/mol. The summed E-state index contributed by atoms with van der Waals surface area (Å²) in [7, 11) is 1.45. The molecule has 0 fully saturated rings. The van der Waals surface area contributed by atoms with Gasteiger partial charge in [-0.2, -0.15) is 4.68 Å². The van der Waals surface area contributed by atoms with Crippen LogP contribution in [0.1, 0.15) is 13.8 Å². The monoisotopic (exact) mass is 350 g/mol. The Morgan fingerprint density at radius 2 is 1.96 bits per heavy atom. The van der Waals surface area contributed by atoms with Gasteiger partial charge in [0.25, 0.3) is 0 Å². The van der Waals surface area contributed by atoms with Gasteiger partial charge in [0.15, 0.2) is 0 Å². The Balaban J connectivity index is 2.05. The van der Waals surface area contributed by atoms with Gasteiger partial charge >= 0.3 is 5.76 Å². The second-order valence-corrected chi connectivity index (χ2v) is 5.81. The molecule has 0 aliphatic heterocycles. The van der Waals surface area contributed by atoms with Crippen LogP contribution in [0.3, 0.4) is 0 Å². The van der Waals surface area contributed by atoms with Gasteiger partial charge in [0.05, 0.1) is 6.54 Å². The van der Waals surface area contributed by atoms with Gasteiger partial charge in [-0.3, -0.25) is 9.59 Å². The fourth-order valence-electron chi connectivity index (χ4n) is 2.04. The molecule has 0 spiro atoms. The van der Waals surface area contributed by atoms with Crippen LogP contribution in [0.15, 0.2) is 33.5 Å². The van der Waals surface area contributed by atoms with Gasteiger partial charge in [-0.05, 0) is 38.1 Å². The topological polar surface area (TPSA) is 97.4 Å². The van der Waals surface area contributed by atoms with Crippen LogP contribution in [0.2, 0.25) is 0 Å². The lowest BCUT2D eigenvalue weighted by atomic mass is 10.2. The number of hydrogen-bond acceptors (Lipinski definition) is 5. The number of rotatable bonds is 6. The Morgan fingerprint density at radius 3 is 2.56 bits per heavy atom. The number of aromatic nitrogens is 2. The lowest BCUT2D eigenvalue weighted by molar-refractivity contribution is -0.135. The van der Waals surface area contributed by atoms with Crippen LogP contribution in [0.5, 0.6) is 0 Å². The summed E-state index contributed by atoms with van der Waals surface area (Å²) in [5.74, 6) is -2.03. The number of likely N-dealkylation sites (N-methyl/N-ethyl adjacent to an activating group) is 1. The SMILES string of the molecule is CC(C)NC(=O)CN(C)C(=O)Cn1nc(-c2ccc(F)cc2)oc1=O. The molecule has 1 aromatic carbocycles. The maximum absolute atomic E-state index is 12.9. The fraction of sp³-hybridized carbons (Fsp3) is 0.375. The molecule has 0 aliphatic rings. The molecule has 9 heteroatoms. The van der Waals surface area contributed by atoms with Crippen molar-refractivity contribution < 1.29 is 18.4 Å². The first kappa shape index (κ1) is 18.4. The minimum atomic E-state index is -0.812. The molecule has 0 aliphatic carbocycles. The molecule has 0 atom stereocenters. The minimum Gasteiger partial charge on any atom is -0.388 e. The Hall–Kier alpha value is -2.97. The smallest absolute Gasteiger partial charge is 0.388 e. The third kappa shape index (κ3) is 5.00. The van der Waals surface area contributed by atoms with E-state index in [0.29, 0.717) is 5.56 Å². The van der Waals surface area contributed by atoms with Gasteiger partial charge in [0.1, 0.15) is 12.4 Å². The van der Waals surface area contributed by atoms with Crippen molar-refractivity contribution in [2.45, 2.75) is 26.4 Å². The van der Waals surface area contributed by atoms with E-state index in [-0.39, 0.29) is 30.9 Å². The number of benzene rings is 1. The third-order valence-corrected chi connectivity index (χ3v) is 3.24. The fourth-order valence-corrected chi connectivity index (χ4v) is 2.04. The first-order valence-corrected chi connectivity index (χ1v) is 7.63. The summed E-state index contributed by atoms with van der Waals surface area (Å²) in [5, 5.41) is 6.59. The quantitative estimate of drug-likeness (QED) is 0.824. The molecule has 0 radical (unpaired) electrons. The second kappa shape index (κ2) is 7.73. The molecule has 0 unspecified atom stereocenters. The summed E-state index contributed by atoms with van der Waals surface area (Å²) in [4.78, 5) is 36.8. The molecule has 2 amide bonds. The van der Waals surface area contributed by atoms with E-state index in [1.807, 2.05) is 13.8 Å². The number of nitrogens with zero attached hydrogens (tertiary/aromatic N) is 3. The molecule has 0 saturated heterocycles. The summed E-state index contributed by atoms with van der Waals surface area (Å²) in [5.41, 5.74) is 0.411. The first-order valence-electron chi connectivity index (χ1n) is 7.63. The van der Waals surface area contributed by atoms with Crippen LogP contribution >= 0.6 is 0 Å². The molecule has 1 aromatic heterocycles. The number of amides is 2. The molecule has 2 rings (SSSR count). The van der Waals surface area contributed by atoms with Crippen LogP contribution in [0.25, 0.3) is 11.5 Å². The van der Waals surface area contributed by atoms with Crippen molar-refractivity contribution in [1.29, 1.82) is 0 Å². The predicted molar refractivity (Wildman–Crippen MR) is 87.1 cm³/mol. The Kier molecular flexibility index (Phi) is 5.68. The van der Waals surface area contributed by atoms with Crippen molar-refractivity contribution in [1.82, 2.24) is 20.0 Å². The van der Waals surface area contributed by atoms with Gasteiger partial charge in [0.2, 0.25) is 17.7 Å². The lowest BCUT2D eigenvalue weighted by Crippen LogP contribution is -2.42. The zero-order valence-electron chi connectivity index (χ0n) is 14.2. The van der Waals surface area contributed by atoms with Gasteiger partial charge < -0.3 is 14.6 Å². The van der Waals surface area contributed by atoms with Crippen LogP contribution in [0.4, 0.5) is 4.39 Å². The standard InChI is InChI=1S/C16H19FN4O4/c1-10(2)18-13(22)8-20(3)14(23)9-21-16(24)25-15(19-21)11-4-6-12(17)7-5-11/h4-7,10H,8-9H2,1-3H3,(H,18,22). The van der Waals surface area contributed by atoms with Crippen molar-refractivity contribution in [2.24, 2.45) is 0 Å². The van der Waals surface area contributed by atoms with E-state index < -0.39 is 17.5 Å². The predicted octanol–water partition coefficient (Wildman–Crippen LogP) is 0.625. The van der Waals surface area contributed by atoms with Crippen molar-refractivity contribution in [2.75, 3.05) is 13.6 Å². The zero-order chi connectivity index (χ0) is 18.6. The van der Waals surface area contributed by atoms with Gasteiger partial charge in [-0.15, -0.1) is 5.10 Å². The highest BCUT2D eigenvalue weighted by Gasteiger charge is 2.18. The molecule has 0 bridgehead atoms. The second-order valence-electron chi connectivity index (χ2n) is 5.81. The van der Waals surface area contributed by atoms with Crippen molar-refractivity contribution in [3.05, 3.63) is 40.6 Å². The number of nitrogens with one attached hydrogen (secondary N) is 1. The van der Waals surface area contributed by atoms with Crippen LogP contribution in [-0.4, -0.2) is 46.1 Å². The molecule has 134 valence electrons. The largest absolute Gasteiger partial charge is 0.437 e. The van der Waals surface area contributed by atoms with Gasteiger partial charge in [-0.25, -0.2) is 9.18 Å². The van der Waals surface area contributed by atoms with Crippen molar-refractivity contribution >= 4 is 11.8 Å². The zero-order valence-corrected chi connectivity index (χ0v) is 14.2. The number of carbonyl (C=O) groups excluding carboxylic acids is 2. The molecule has 0 saturated carbocycles. The normalized spacial score (nSPS) is 10.8. The van der Waals surface area contributed by atoms with Crippen LogP contribution < -0.4 is 11.1 Å². The lowest BCUT2D eigenvalue weighted by Gasteiger charge is -2.17. The molecule has 1 heterocycles. The minimum absolute atomic E-state index is 0.0157. The van der Waals surface area contributed by atoms with Crippen LogP contribution in [-0.2, 0) is 16.1 Å². The molecule has 8 nitrogen and oxygen atoms in total. The van der Waals surface area contributed by atoms with E-state index in [9.17, 15) is 18.8 Å². The summed E-state index contributed by atoms with van der Waals surface area (Å²) >= 11 is 0. The molecular weight excluding hydrogens is 331 g/mol. The van der Waals surface area contributed by atoms with E-state index in [4.69, 9.17) is 4.42 Å². The van der Waals surface area contributed by atoms with E-state index in [2.05, 4.69) is 10.4 Å². The summed E-state index contributed by atoms with van der Waals surface area (Å²) in [6.07, 6.45) is 0. The van der Waals surface area contributed by atoms with E-state index >= 15 is 0 Å². The maximum atomic E-state index is 12.9. The maximum Gasteiger partial charge on any atom is 0.437 e. The summed E-state index contributed by atoms with van der Waals surface area (Å²) in [6, 6.07) is 5.21. The Morgan fingerprint density at radius 1 is 1.32 bits per heavy atom. The highest BCUT2D eigenvalue weighted by atomic mass is 19.1. The molecule has 1 N–H and O–H groups in total. The van der Waals surface area contributed by atoms with Crippen LogP contribution in [0, 0.1) is 5.82 Å².